The molecule has 8 nitrogen and oxygen atoms in total. The Hall–Kier alpha value is -1.82. The predicted octanol–water partition coefficient (Wildman–Crippen LogP) is 2.54. The van der Waals surface area contributed by atoms with E-state index in [4.69, 9.17) is 9.11 Å². The van der Waals surface area contributed by atoms with Crippen LogP contribution in [0.2, 0.25) is 0 Å². The average Bonchev–Trinajstić information content (AvgIpc) is 3.17. The van der Waals surface area contributed by atoms with Crippen molar-refractivity contribution in [2.45, 2.75) is 42.5 Å². The van der Waals surface area contributed by atoms with Crippen LogP contribution in [0.1, 0.15) is 24.0 Å². The maximum absolute atomic E-state index is 10.5. The zero-order valence-corrected chi connectivity index (χ0v) is 19.4. The van der Waals surface area contributed by atoms with Gasteiger partial charge in [0.2, 0.25) is 0 Å². The third-order valence-corrected chi connectivity index (χ3v) is 6.83. The normalized spacial score (nSPS) is 18.8. The van der Waals surface area contributed by atoms with Gasteiger partial charge in [-0.25, -0.2) is 0 Å². The summed E-state index contributed by atoms with van der Waals surface area (Å²) in [6.45, 7) is 8.76. The number of nitrogens with one attached hydrogen (secondary N) is 1. The van der Waals surface area contributed by atoms with Crippen LogP contribution in [-0.4, -0.2) is 63.1 Å². The minimum Gasteiger partial charge on any atom is -0.314 e. The van der Waals surface area contributed by atoms with E-state index in [0.29, 0.717) is 0 Å². The Morgan fingerprint density at radius 2 is 1.26 bits per heavy atom. The SMILES string of the molecule is C1CC2CNCCN2C1.Cc1ccc(S(=O)(=O)O)cc1.Cc1ccc(S(=O)(=O)O)cc1. The lowest BCUT2D eigenvalue weighted by Gasteiger charge is -2.29. The van der Waals surface area contributed by atoms with Crippen molar-refractivity contribution in [1.82, 2.24) is 10.2 Å². The molecule has 172 valence electrons. The third-order valence-electron chi connectivity index (χ3n) is 5.09. The number of rotatable bonds is 2. The van der Waals surface area contributed by atoms with E-state index in [9.17, 15) is 16.8 Å². The summed E-state index contributed by atoms with van der Waals surface area (Å²) in [5.74, 6) is 0. The minimum absolute atomic E-state index is 0.0666. The standard InChI is InChI=1S/C7H14N2.2C7H8O3S/c1-2-7-6-8-3-5-9(7)4-1;2*1-6-2-4-7(5-3-6)11(8,9)10/h7-8H,1-6H2;2*2-5H,1H3,(H,8,9,10). The highest BCUT2D eigenvalue weighted by Crippen LogP contribution is 2.17. The molecule has 3 N–H and O–H groups in total. The maximum atomic E-state index is 10.5. The number of nitrogens with zero attached hydrogens (tertiary/aromatic N) is 1. The van der Waals surface area contributed by atoms with E-state index in [1.807, 2.05) is 13.8 Å². The fraction of sp³-hybridized carbons (Fsp3) is 0.429. The Labute approximate surface area is 184 Å². The van der Waals surface area contributed by atoms with Gasteiger partial charge in [0.15, 0.2) is 0 Å². The minimum atomic E-state index is -4.02. The van der Waals surface area contributed by atoms with E-state index in [2.05, 4.69) is 10.2 Å². The van der Waals surface area contributed by atoms with Crippen molar-refractivity contribution < 1.29 is 25.9 Å². The molecule has 1 atom stereocenters. The molecule has 2 aromatic carbocycles. The van der Waals surface area contributed by atoms with Crippen molar-refractivity contribution in [3.8, 4) is 0 Å². The van der Waals surface area contributed by atoms with Crippen LogP contribution in [-0.2, 0) is 20.2 Å². The number of benzene rings is 2. The first-order valence-electron chi connectivity index (χ1n) is 10.00. The summed E-state index contributed by atoms with van der Waals surface area (Å²) >= 11 is 0. The molecule has 0 spiro atoms. The van der Waals surface area contributed by atoms with Crippen LogP contribution in [0.3, 0.4) is 0 Å². The van der Waals surface area contributed by atoms with Crippen molar-refractivity contribution >= 4 is 20.2 Å². The van der Waals surface area contributed by atoms with Gasteiger partial charge in [-0.1, -0.05) is 35.4 Å². The van der Waals surface area contributed by atoms with E-state index < -0.39 is 20.2 Å². The molecule has 0 amide bonds. The molecule has 2 heterocycles. The summed E-state index contributed by atoms with van der Waals surface area (Å²) < 4.78 is 59.1. The summed E-state index contributed by atoms with van der Waals surface area (Å²) in [4.78, 5) is 2.47. The molecule has 2 aromatic rings. The number of hydrogen-bond acceptors (Lipinski definition) is 6. The lowest BCUT2D eigenvalue weighted by molar-refractivity contribution is 0.212. The van der Waals surface area contributed by atoms with Gasteiger partial charge < -0.3 is 5.32 Å². The van der Waals surface area contributed by atoms with Gasteiger partial charge in [0.05, 0.1) is 9.79 Å². The van der Waals surface area contributed by atoms with Gasteiger partial charge in [-0.15, -0.1) is 0 Å². The van der Waals surface area contributed by atoms with Crippen LogP contribution in [0.25, 0.3) is 0 Å². The summed E-state index contributed by atoms with van der Waals surface area (Å²) in [6.07, 6.45) is 2.85. The van der Waals surface area contributed by atoms with E-state index in [1.165, 1.54) is 63.3 Å². The second-order valence-corrected chi connectivity index (χ2v) is 10.5. The molecule has 2 aliphatic heterocycles. The van der Waals surface area contributed by atoms with Gasteiger partial charge in [0.25, 0.3) is 20.2 Å². The average molecular weight is 471 g/mol. The van der Waals surface area contributed by atoms with Crippen molar-refractivity contribution in [2.24, 2.45) is 0 Å². The Balaban J connectivity index is 0.000000166. The van der Waals surface area contributed by atoms with E-state index >= 15 is 0 Å². The van der Waals surface area contributed by atoms with Gasteiger partial charge in [0.1, 0.15) is 0 Å². The highest BCUT2D eigenvalue weighted by Gasteiger charge is 2.25. The lowest BCUT2D eigenvalue weighted by atomic mass is 10.2. The Bertz CT molecular complexity index is 951. The summed E-state index contributed by atoms with van der Waals surface area (Å²) in [5, 5.41) is 3.41. The zero-order chi connectivity index (χ0) is 23.1. The molecule has 0 radical (unpaired) electrons. The fourth-order valence-electron chi connectivity index (χ4n) is 3.33. The van der Waals surface area contributed by atoms with Crippen LogP contribution in [0.15, 0.2) is 58.3 Å². The van der Waals surface area contributed by atoms with Gasteiger partial charge in [-0.2, -0.15) is 16.8 Å². The van der Waals surface area contributed by atoms with Crippen molar-refractivity contribution in [1.29, 1.82) is 0 Å². The highest BCUT2D eigenvalue weighted by atomic mass is 32.2. The van der Waals surface area contributed by atoms with Crippen LogP contribution >= 0.6 is 0 Å². The van der Waals surface area contributed by atoms with Gasteiger partial charge in [-0.3, -0.25) is 14.0 Å². The smallest absolute Gasteiger partial charge is 0.294 e. The fourth-order valence-corrected chi connectivity index (χ4v) is 4.29. The second-order valence-electron chi connectivity index (χ2n) is 7.61. The van der Waals surface area contributed by atoms with E-state index in [1.54, 1.807) is 24.3 Å². The Morgan fingerprint density at radius 3 is 1.65 bits per heavy atom. The number of piperazine rings is 1. The van der Waals surface area contributed by atoms with Crippen molar-refractivity contribution in [3.63, 3.8) is 0 Å². The Kier molecular flexibility index (Phi) is 9.16. The molecule has 0 aromatic heterocycles. The van der Waals surface area contributed by atoms with E-state index in [-0.39, 0.29) is 9.79 Å². The molecule has 4 rings (SSSR count). The summed E-state index contributed by atoms with van der Waals surface area (Å²) in [5.41, 5.74) is 1.91. The van der Waals surface area contributed by atoms with Crippen LogP contribution < -0.4 is 5.32 Å². The molecule has 2 saturated heterocycles. The van der Waals surface area contributed by atoms with Crippen molar-refractivity contribution in [2.75, 3.05) is 26.2 Å². The molecule has 0 aliphatic carbocycles. The molecule has 2 fully saturated rings. The second kappa shape index (κ2) is 11.2. The molecular formula is C21H30N2O6S2. The van der Waals surface area contributed by atoms with E-state index in [0.717, 1.165) is 17.2 Å². The molecule has 0 bridgehead atoms. The van der Waals surface area contributed by atoms with Crippen molar-refractivity contribution in [3.05, 3.63) is 59.7 Å². The van der Waals surface area contributed by atoms with Crippen LogP contribution in [0, 0.1) is 13.8 Å². The molecule has 0 saturated carbocycles. The van der Waals surface area contributed by atoms with Gasteiger partial charge in [0, 0.05) is 25.7 Å². The number of hydrogen-bond donors (Lipinski definition) is 3. The number of aryl methyl sites for hydroxylation is 2. The predicted molar refractivity (Wildman–Crippen MR) is 119 cm³/mol. The highest BCUT2D eigenvalue weighted by molar-refractivity contribution is 7.86. The van der Waals surface area contributed by atoms with Crippen LogP contribution in [0.4, 0.5) is 0 Å². The molecule has 31 heavy (non-hydrogen) atoms. The summed E-state index contributed by atoms with van der Waals surface area (Å²) in [7, 11) is -8.04. The molecule has 10 heteroatoms. The first-order chi connectivity index (χ1) is 14.5. The topological polar surface area (TPSA) is 124 Å². The quantitative estimate of drug-likeness (QED) is 0.572. The Morgan fingerprint density at radius 1 is 0.806 bits per heavy atom. The first kappa shape index (κ1) is 25.4. The first-order valence-corrected chi connectivity index (χ1v) is 12.9. The van der Waals surface area contributed by atoms with Gasteiger partial charge in [-0.05, 0) is 57.5 Å². The summed E-state index contributed by atoms with van der Waals surface area (Å²) in [6, 6.07) is 12.9. The molecule has 2 aliphatic rings. The maximum Gasteiger partial charge on any atom is 0.294 e. The lowest BCUT2D eigenvalue weighted by Crippen LogP contribution is -2.47. The molecular weight excluding hydrogens is 440 g/mol. The zero-order valence-electron chi connectivity index (χ0n) is 17.7. The monoisotopic (exact) mass is 470 g/mol. The van der Waals surface area contributed by atoms with Crippen LogP contribution in [0.5, 0.6) is 0 Å². The largest absolute Gasteiger partial charge is 0.314 e. The van der Waals surface area contributed by atoms with Gasteiger partial charge >= 0.3 is 0 Å². The third kappa shape index (κ3) is 8.68. The number of fused-ring (bicyclic) bond motifs is 1. The molecule has 1 unspecified atom stereocenters.